The van der Waals surface area contributed by atoms with E-state index in [9.17, 15) is 29.6 Å². The smallest absolute Gasteiger partial charge is 0.328 e. The highest BCUT2D eigenvalue weighted by Gasteiger charge is 2.21. The minimum atomic E-state index is -1.34. The number of methoxy groups -OCH3 is 1. The van der Waals surface area contributed by atoms with Crippen molar-refractivity contribution >= 4 is 51.5 Å². The molecule has 1 aromatic heterocycles. The predicted octanol–water partition coefficient (Wildman–Crippen LogP) is -1.27. The first-order valence-electron chi connectivity index (χ1n) is 8.45. The van der Waals surface area contributed by atoms with E-state index < -0.39 is 22.9 Å². The van der Waals surface area contributed by atoms with E-state index in [-0.39, 0.29) is 33.0 Å². The van der Waals surface area contributed by atoms with Crippen molar-refractivity contribution in [2.75, 3.05) is 17.9 Å². The molecule has 1 atom stereocenters. The third-order valence-electron chi connectivity index (χ3n) is 3.55. The number of hydrazine groups is 2. The molecule has 0 saturated carbocycles. The first-order valence-corrected chi connectivity index (χ1v) is 9.27. The van der Waals surface area contributed by atoms with Gasteiger partial charge in [0.1, 0.15) is 16.3 Å². The molecule has 0 bridgehead atoms. The van der Waals surface area contributed by atoms with Crippen LogP contribution in [0.5, 0.6) is 5.75 Å². The number of carbonyl (C=O) groups is 4. The van der Waals surface area contributed by atoms with E-state index in [4.69, 9.17) is 4.74 Å². The van der Waals surface area contributed by atoms with Crippen LogP contribution in [0.2, 0.25) is 0 Å². The molecule has 1 heterocycles. The molecule has 0 aliphatic heterocycles. The molecule has 14 nitrogen and oxygen atoms in total. The number of hydrogen-bond donors (Lipinski definition) is 7. The Morgan fingerprint density at radius 3 is 2.48 bits per heavy atom. The van der Waals surface area contributed by atoms with Gasteiger partial charge in [0, 0.05) is 13.0 Å². The minimum Gasteiger partial charge on any atom is -0.595 e. The summed E-state index contributed by atoms with van der Waals surface area (Å²) in [6.07, 6.45) is 0. The number of nitrogens with one attached hydrogen (secondary N) is 6. The number of carbonyl (C=O) groups excluding carboxylic acids is 4. The Balaban J connectivity index is 1.98. The van der Waals surface area contributed by atoms with Crippen LogP contribution < -0.4 is 37.0 Å². The van der Waals surface area contributed by atoms with E-state index in [0.717, 1.165) is 11.3 Å². The fourth-order valence-electron chi connectivity index (χ4n) is 2.14. The van der Waals surface area contributed by atoms with Gasteiger partial charge in [-0.2, -0.15) is 5.23 Å². The molecule has 166 valence electrons. The molecule has 1 aromatic carbocycles. The monoisotopic (exact) mass is 453 g/mol. The van der Waals surface area contributed by atoms with Crippen molar-refractivity contribution in [3.63, 3.8) is 0 Å². The van der Waals surface area contributed by atoms with Crippen LogP contribution in [0.3, 0.4) is 0 Å². The maximum Gasteiger partial charge on any atom is 0.328 e. The first-order chi connectivity index (χ1) is 14.6. The van der Waals surface area contributed by atoms with Crippen molar-refractivity contribution in [2.45, 2.75) is 13.8 Å². The summed E-state index contributed by atoms with van der Waals surface area (Å²) in [6.45, 7) is 2.82. The lowest BCUT2D eigenvalue weighted by molar-refractivity contribution is -0.990. The number of rotatable bonds is 6. The highest BCUT2D eigenvalue weighted by Crippen LogP contribution is 2.24. The molecular formula is C16H19N7O7S. The van der Waals surface area contributed by atoms with Crippen LogP contribution in [0.4, 0.5) is 16.5 Å². The topological polar surface area (TPSA) is 198 Å². The van der Waals surface area contributed by atoms with Crippen LogP contribution in [0.15, 0.2) is 18.2 Å². The highest BCUT2D eigenvalue weighted by atomic mass is 32.1. The van der Waals surface area contributed by atoms with Crippen molar-refractivity contribution in [3.8, 4) is 5.75 Å². The second-order valence-electron chi connectivity index (χ2n) is 5.82. The largest absolute Gasteiger partial charge is 0.595 e. The zero-order chi connectivity index (χ0) is 23.1. The van der Waals surface area contributed by atoms with Gasteiger partial charge in [0.05, 0.1) is 12.8 Å². The van der Waals surface area contributed by atoms with Gasteiger partial charge in [0.2, 0.25) is 11.0 Å². The molecule has 2 aromatic rings. The molecule has 31 heavy (non-hydrogen) atoms. The van der Waals surface area contributed by atoms with Crippen LogP contribution in [0.25, 0.3) is 0 Å². The molecule has 7 N–H and O–H groups in total. The summed E-state index contributed by atoms with van der Waals surface area (Å²) < 4.78 is 4.93. The average molecular weight is 453 g/mol. The zero-order valence-electron chi connectivity index (χ0n) is 16.5. The Morgan fingerprint density at radius 1 is 1.16 bits per heavy atom. The van der Waals surface area contributed by atoms with Gasteiger partial charge in [-0.15, -0.1) is 0 Å². The van der Waals surface area contributed by atoms with Gasteiger partial charge in [-0.1, -0.05) is 11.3 Å². The number of ether oxygens (including phenoxy) is 1. The molecule has 2 rings (SSSR count). The van der Waals surface area contributed by atoms with Crippen LogP contribution >= 0.6 is 11.3 Å². The maximum absolute atomic E-state index is 12.2. The summed E-state index contributed by atoms with van der Waals surface area (Å²) in [4.78, 5) is 51.3. The van der Waals surface area contributed by atoms with Crippen LogP contribution in [-0.2, 0) is 14.4 Å². The summed E-state index contributed by atoms with van der Waals surface area (Å²) in [5.74, 6) is -3.30. The Labute approximate surface area is 179 Å². The van der Waals surface area contributed by atoms with Crippen molar-refractivity contribution in [2.24, 2.45) is 0 Å². The fraction of sp³-hybridized carbons (Fsp3) is 0.188. The van der Waals surface area contributed by atoms with Gasteiger partial charge < -0.3 is 15.3 Å². The Hall–Kier alpha value is -3.79. The standard InChI is InChI=1S/C16H19N7O7S/c1-7-12(31-16(17-7)22-19-8(2)24)13(25)20-21-15(27)14(26)18-10-5-4-9(30-3)6-11(10)23(28)29/h4-6,23,28H,1-3H3,(H,17,22)(H,18,26)(H,19,24)(H,20,25)(H,21,27). The van der Waals surface area contributed by atoms with Crippen molar-refractivity contribution < 1.29 is 34.3 Å². The average Bonchev–Trinajstić information content (AvgIpc) is 3.10. The molecule has 4 amide bonds. The highest BCUT2D eigenvalue weighted by molar-refractivity contribution is 7.17. The van der Waals surface area contributed by atoms with E-state index >= 15 is 0 Å². The molecule has 0 spiro atoms. The number of amides is 4. The second-order valence-corrected chi connectivity index (χ2v) is 6.82. The quantitative estimate of drug-likeness (QED) is 0.206. The second kappa shape index (κ2) is 10.3. The van der Waals surface area contributed by atoms with Crippen molar-refractivity contribution in [1.29, 1.82) is 0 Å². The number of nitrogens with zero attached hydrogens (tertiary/aromatic N) is 1. The summed E-state index contributed by atoms with van der Waals surface area (Å²) >= 11 is 0.903. The van der Waals surface area contributed by atoms with E-state index in [1.165, 1.54) is 39.2 Å². The maximum atomic E-state index is 12.2. The van der Waals surface area contributed by atoms with Crippen LogP contribution in [0.1, 0.15) is 22.3 Å². The summed E-state index contributed by atoms with van der Waals surface area (Å²) in [5.41, 5.74) is 8.70. The van der Waals surface area contributed by atoms with Crippen LogP contribution in [-0.4, -0.2) is 40.9 Å². The Kier molecular flexibility index (Phi) is 7.81. The number of thiazole rings is 1. The molecule has 0 aliphatic rings. The SMILES string of the molecule is COc1ccc(NC(=O)C(=O)NNC(=O)c2sc(NNC(C)=O)nc2C)c([NH+]([O-])O)c1. The van der Waals surface area contributed by atoms with Gasteiger partial charge >= 0.3 is 11.8 Å². The van der Waals surface area contributed by atoms with Gasteiger partial charge in [0.25, 0.3) is 5.91 Å². The first kappa shape index (κ1) is 23.5. The molecule has 0 aliphatic carbocycles. The van der Waals surface area contributed by atoms with Crippen LogP contribution in [0, 0.1) is 12.1 Å². The number of aryl methyl sites for hydroxylation is 1. The van der Waals surface area contributed by atoms with E-state index in [1.807, 2.05) is 5.43 Å². The summed E-state index contributed by atoms with van der Waals surface area (Å²) in [5, 5.41) is 21.6. The number of benzene rings is 1. The summed E-state index contributed by atoms with van der Waals surface area (Å²) in [7, 11) is 1.35. The lowest BCUT2D eigenvalue weighted by atomic mass is 10.2. The molecule has 1 unspecified atom stereocenters. The zero-order valence-corrected chi connectivity index (χ0v) is 17.3. The molecule has 0 fully saturated rings. The lowest BCUT2D eigenvalue weighted by Gasteiger charge is -2.16. The van der Waals surface area contributed by atoms with Gasteiger partial charge in [-0.25, -0.2) is 10.2 Å². The van der Waals surface area contributed by atoms with Gasteiger partial charge in [-0.05, 0) is 19.1 Å². The predicted molar refractivity (Wildman–Crippen MR) is 107 cm³/mol. The molecule has 0 radical (unpaired) electrons. The third-order valence-corrected chi connectivity index (χ3v) is 4.62. The van der Waals surface area contributed by atoms with Gasteiger partial charge in [-0.3, -0.25) is 40.9 Å². The molecular weight excluding hydrogens is 434 g/mol. The van der Waals surface area contributed by atoms with E-state index in [2.05, 4.69) is 26.6 Å². The third kappa shape index (κ3) is 6.34. The van der Waals surface area contributed by atoms with Crippen molar-refractivity contribution in [1.82, 2.24) is 21.3 Å². The molecule has 0 saturated heterocycles. The van der Waals surface area contributed by atoms with Crippen molar-refractivity contribution in [3.05, 3.63) is 34.0 Å². The van der Waals surface area contributed by atoms with E-state index in [0.29, 0.717) is 5.69 Å². The lowest BCUT2D eigenvalue weighted by Crippen LogP contribution is -2.99. The summed E-state index contributed by atoms with van der Waals surface area (Å²) in [6, 6.07) is 3.84. The number of quaternary nitrogens is 1. The van der Waals surface area contributed by atoms with E-state index in [1.54, 1.807) is 0 Å². The number of aromatic nitrogens is 1. The minimum absolute atomic E-state index is 0.122. The van der Waals surface area contributed by atoms with Gasteiger partial charge in [0.15, 0.2) is 5.69 Å². The normalized spacial score (nSPS) is 11.1. The Morgan fingerprint density at radius 2 is 1.87 bits per heavy atom. The fourth-order valence-corrected chi connectivity index (χ4v) is 2.96. The number of hydrogen-bond acceptors (Lipinski definition) is 10. The Bertz CT molecular complexity index is 1010. The number of anilines is 2. The molecule has 15 heteroatoms.